The molecule has 1 aromatic carbocycles. The number of aromatic amines is 1. The van der Waals surface area contributed by atoms with Crippen LogP contribution >= 0.6 is 0 Å². The van der Waals surface area contributed by atoms with Crippen LogP contribution in [0.1, 0.15) is 30.2 Å². The van der Waals surface area contributed by atoms with Gasteiger partial charge >= 0.3 is 0 Å². The highest BCUT2D eigenvalue weighted by atomic mass is 15.2. The minimum atomic E-state index is -0.110. The number of hydrogen-bond donors (Lipinski definition) is 2. The summed E-state index contributed by atoms with van der Waals surface area (Å²) in [5, 5.41) is 6.98. The van der Waals surface area contributed by atoms with E-state index in [-0.39, 0.29) is 6.04 Å². The molecule has 3 N–H and O–H groups in total. The highest BCUT2D eigenvalue weighted by Gasteiger charge is 2.06. The highest BCUT2D eigenvalue weighted by molar-refractivity contribution is 5.15. The van der Waals surface area contributed by atoms with Crippen LogP contribution in [0.3, 0.4) is 0 Å². The zero-order chi connectivity index (χ0) is 11.4. The molecule has 1 heterocycles. The third kappa shape index (κ3) is 2.67. The zero-order valence-corrected chi connectivity index (χ0v) is 9.35. The zero-order valence-electron chi connectivity index (χ0n) is 9.35. The lowest BCUT2D eigenvalue weighted by molar-refractivity contribution is 0.744. The van der Waals surface area contributed by atoms with Gasteiger partial charge in [-0.25, -0.2) is 4.98 Å². The van der Waals surface area contributed by atoms with E-state index in [4.69, 9.17) is 5.73 Å². The van der Waals surface area contributed by atoms with Gasteiger partial charge in [-0.05, 0) is 18.9 Å². The Morgan fingerprint density at radius 3 is 2.62 bits per heavy atom. The van der Waals surface area contributed by atoms with Crippen molar-refractivity contribution >= 4 is 0 Å². The predicted octanol–water partition coefficient (Wildman–Crippen LogP) is 1.61. The fraction of sp³-hybridized carbons (Fsp3) is 0.333. The third-order valence-corrected chi connectivity index (χ3v) is 2.45. The quantitative estimate of drug-likeness (QED) is 0.815. The maximum absolute atomic E-state index is 5.69. The molecule has 4 nitrogen and oxygen atoms in total. The summed E-state index contributed by atoms with van der Waals surface area (Å²) in [6.07, 6.45) is 1.83. The average Bonchev–Trinajstić information content (AvgIpc) is 2.76. The lowest BCUT2D eigenvalue weighted by atomic mass is 10.1. The molecule has 1 atom stereocenters. The first-order valence-electron chi connectivity index (χ1n) is 5.46. The number of nitrogens with two attached hydrogens (primary N) is 1. The van der Waals surface area contributed by atoms with Crippen LogP contribution in [-0.2, 0) is 12.8 Å². The lowest BCUT2D eigenvalue weighted by Crippen LogP contribution is -2.07. The van der Waals surface area contributed by atoms with Crippen molar-refractivity contribution in [2.75, 3.05) is 0 Å². The fourth-order valence-corrected chi connectivity index (χ4v) is 1.53. The van der Waals surface area contributed by atoms with E-state index in [0.717, 1.165) is 18.7 Å². The summed E-state index contributed by atoms with van der Waals surface area (Å²) in [6, 6.07) is 10.2. The van der Waals surface area contributed by atoms with Crippen molar-refractivity contribution in [3.05, 3.63) is 47.5 Å². The molecule has 4 heteroatoms. The van der Waals surface area contributed by atoms with E-state index >= 15 is 0 Å². The van der Waals surface area contributed by atoms with Gasteiger partial charge in [-0.15, -0.1) is 0 Å². The molecule has 2 rings (SSSR count). The number of H-pyrrole nitrogens is 1. The van der Waals surface area contributed by atoms with Crippen LogP contribution in [0.4, 0.5) is 0 Å². The number of nitrogens with one attached hydrogen (secondary N) is 1. The minimum Gasteiger partial charge on any atom is -0.321 e. The summed E-state index contributed by atoms with van der Waals surface area (Å²) in [6.45, 7) is 1.88. The Balaban J connectivity index is 1.95. The lowest BCUT2D eigenvalue weighted by Gasteiger charge is -1.98. The molecule has 0 bridgehead atoms. The van der Waals surface area contributed by atoms with Gasteiger partial charge in [-0.2, -0.15) is 5.10 Å². The number of benzene rings is 1. The van der Waals surface area contributed by atoms with Gasteiger partial charge < -0.3 is 5.73 Å². The van der Waals surface area contributed by atoms with Gasteiger partial charge in [0.2, 0.25) is 0 Å². The minimum absolute atomic E-state index is 0.110. The molecule has 1 aromatic heterocycles. The second-order valence-corrected chi connectivity index (χ2v) is 3.91. The topological polar surface area (TPSA) is 67.6 Å². The normalized spacial score (nSPS) is 12.6. The molecule has 0 saturated heterocycles. The van der Waals surface area contributed by atoms with Crippen molar-refractivity contribution in [3.8, 4) is 0 Å². The van der Waals surface area contributed by atoms with Crippen LogP contribution in [0.25, 0.3) is 0 Å². The molecule has 0 aliphatic heterocycles. The molecular formula is C12H16N4. The average molecular weight is 216 g/mol. The van der Waals surface area contributed by atoms with Crippen molar-refractivity contribution in [1.29, 1.82) is 0 Å². The van der Waals surface area contributed by atoms with Crippen molar-refractivity contribution in [3.63, 3.8) is 0 Å². The van der Waals surface area contributed by atoms with Gasteiger partial charge in [0.15, 0.2) is 5.82 Å². The van der Waals surface area contributed by atoms with Gasteiger partial charge in [0.05, 0.1) is 6.04 Å². The van der Waals surface area contributed by atoms with Gasteiger partial charge in [0, 0.05) is 6.42 Å². The Morgan fingerprint density at radius 1 is 1.25 bits per heavy atom. The Labute approximate surface area is 94.9 Å². The molecule has 84 valence electrons. The van der Waals surface area contributed by atoms with E-state index in [1.807, 2.05) is 25.1 Å². The van der Waals surface area contributed by atoms with E-state index in [2.05, 4.69) is 27.3 Å². The molecule has 0 amide bonds. The smallest absolute Gasteiger partial charge is 0.167 e. The number of nitrogens with zero attached hydrogens (tertiary/aromatic N) is 2. The van der Waals surface area contributed by atoms with E-state index in [9.17, 15) is 0 Å². The molecule has 0 fully saturated rings. The van der Waals surface area contributed by atoms with Crippen molar-refractivity contribution in [1.82, 2.24) is 15.2 Å². The summed E-state index contributed by atoms with van der Waals surface area (Å²) >= 11 is 0. The summed E-state index contributed by atoms with van der Waals surface area (Å²) < 4.78 is 0. The highest BCUT2D eigenvalue weighted by Crippen LogP contribution is 2.06. The first-order valence-corrected chi connectivity index (χ1v) is 5.46. The fourth-order valence-electron chi connectivity index (χ4n) is 1.53. The number of aromatic nitrogens is 3. The summed E-state index contributed by atoms with van der Waals surface area (Å²) in [5.41, 5.74) is 7.00. The van der Waals surface area contributed by atoms with Crippen molar-refractivity contribution < 1.29 is 0 Å². The second kappa shape index (κ2) is 4.90. The number of aryl methyl sites for hydroxylation is 2. The number of rotatable bonds is 4. The van der Waals surface area contributed by atoms with Gasteiger partial charge in [-0.3, -0.25) is 5.10 Å². The van der Waals surface area contributed by atoms with E-state index < -0.39 is 0 Å². The first-order chi connectivity index (χ1) is 7.75. The second-order valence-electron chi connectivity index (χ2n) is 3.91. The Kier molecular flexibility index (Phi) is 3.31. The maximum atomic E-state index is 5.69. The predicted molar refractivity (Wildman–Crippen MR) is 62.8 cm³/mol. The summed E-state index contributed by atoms with van der Waals surface area (Å²) in [5.74, 6) is 1.58. The largest absolute Gasteiger partial charge is 0.321 e. The Morgan fingerprint density at radius 2 is 2.00 bits per heavy atom. The summed E-state index contributed by atoms with van der Waals surface area (Å²) in [7, 11) is 0. The molecule has 0 aliphatic carbocycles. The van der Waals surface area contributed by atoms with Crippen LogP contribution in [0.2, 0.25) is 0 Å². The SMILES string of the molecule is CC(N)c1n[nH]c(CCc2ccccc2)n1. The molecule has 0 saturated carbocycles. The monoisotopic (exact) mass is 216 g/mol. The van der Waals surface area contributed by atoms with Crippen LogP contribution in [0, 0.1) is 0 Å². The Hall–Kier alpha value is -1.68. The van der Waals surface area contributed by atoms with Crippen LogP contribution in [-0.4, -0.2) is 15.2 Å². The molecule has 0 aliphatic rings. The van der Waals surface area contributed by atoms with Gasteiger partial charge in [-0.1, -0.05) is 30.3 Å². The molecule has 0 spiro atoms. The number of hydrogen-bond acceptors (Lipinski definition) is 3. The van der Waals surface area contributed by atoms with Crippen LogP contribution in [0.15, 0.2) is 30.3 Å². The van der Waals surface area contributed by atoms with E-state index in [1.54, 1.807) is 0 Å². The standard InChI is InChI=1S/C12H16N4/c1-9(13)12-14-11(15-16-12)8-7-10-5-3-2-4-6-10/h2-6,9H,7-8,13H2,1H3,(H,14,15,16). The maximum Gasteiger partial charge on any atom is 0.167 e. The third-order valence-electron chi connectivity index (χ3n) is 2.45. The van der Waals surface area contributed by atoms with Crippen LogP contribution in [0.5, 0.6) is 0 Å². The first kappa shape index (κ1) is 10.8. The molecular weight excluding hydrogens is 200 g/mol. The van der Waals surface area contributed by atoms with Gasteiger partial charge in [0.25, 0.3) is 0 Å². The van der Waals surface area contributed by atoms with E-state index in [1.165, 1.54) is 5.56 Å². The molecule has 0 radical (unpaired) electrons. The van der Waals surface area contributed by atoms with Gasteiger partial charge in [0.1, 0.15) is 5.82 Å². The van der Waals surface area contributed by atoms with E-state index in [0.29, 0.717) is 5.82 Å². The van der Waals surface area contributed by atoms with Crippen molar-refractivity contribution in [2.45, 2.75) is 25.8 Å². The molecule has 1 unspecified atom stereocenters. The Bertz CT molecular complexity index is 433. The van der Waals surface area contributed by atoms with Crippen LogP contribution < -0.4 is 5.73 Å². The summed E-state index contributed by atoms with van der Waals surface area (Å²) in [4.78, 5) is 4.33. The molecule has 2 aromatic rings. The van der Waals surface area contributed by atoms with Crippen molar-refractivity contribution in [2.24, 2.45) is 5.73 Å². The molecule has 16 heavy (non-hydrogen) atoms.